The molecule has 0 spiro atoms. The zero-order valence-electron chi connectivity index (χ0n) is 18.4. The van der Waals surface area contributed by atoms with E-state index in [1.165, 1.54) is 22.3 Å². The van der Waals surface area contributed by atoms with E-state index < -0.39 is 0 Å². The third-order valence-corrected chi connectivity index (χ3v) is 8.40. The second kappa shape index (κ2) is 8.38. The van der Waals surface area contributed by atoms with Gasteiger partial charge in [0.2, 0.25) is 11.8 Å². The molecule has 1 N–H and O–H groups in total. The van der Waals surface area contributed by atoms with E-state index in [2.05, 4.69) is 53.8 Å². The highest BCUT2D eigenvalue weighted by Crippen LogP contribution is 2.55. The van der Waals surface area contributed by atoms with E-state index in [0.29, 0.717) is 43.0 Å². The molecular weight excluding hydrogens is 428 g/mol. The number of nitrogens with zero attached hydrogens (tertiary/aromatic N) is 1. The van der Waals surface area contributed by atoms with Crippen LogP contribution in [-0.4, -0.2) is 30.7 Å². The van der Waals surface area contributed by atoms with Gasteiger partial charge in [0.15, 0.2) is 0 Å². The molecule has 0 saturated heterocycles. The van der Waals surface area contributed by atoms with Crippen LogP contribution in [0.25, 0.3) is 0 Å². The summed E-state index contributed by atoms with van der Waals surface area (Å²) in [7, 11) is 0. The maximum absolute atomic E-state index is 12.8. The Hall–Kier alpha value is -3.05. The number of amides is 2. The molecule has 166 valence electrons. The van der Waals surface area contributed by atoms with Crippen LogP contribution in [0.4, 0.5) is 5.69 Å². The summed E-state index contributed by atoms with van der Waals surface area (Å²) in [6.07, 6.45) is 1.38. The molecule has 3 aromatic carbocycles. The predicted octanol–water partition coefficient (Wildman–Crippen LogP) is 4.93. The molecule has 1 atom stereocenters. The van der Waals surface area contributed by atoms with Crippen LogP contribution in [-0.2, 0) is 9.59 Å². The fourth-order valence-electron chi connectivity index (χ4n) is 5.91. The molecule has 33 heavy (non-hydrogen) atoms. The van der Waals surface area contributed by atoms with Gasteiger partial charge in [-0.1, -0.05) is 60.7 Å². The zero-order valence-corrected chi connectivity index (χ0v) is 19.2. The van der Waals surface area contributed by atoms with Crippen molar-refractivity contribution in [2.45, 2.75) is 29.6 Å². The molecule has 1 aliphatic heterocycles. The lowest BCUT2D eigenvalue weighted by molar-refractivity contribution is -0.121. The van der Waals surface area contributed by atoms with Crippen LogP contribution < -0.4 is 10.2 Å². The normalized spacial score (nSPS) is 22.4. The zero-order chi connectivity index (χ0) is 22.4. The second-order valence-electron chi connectivity index (χ2n) is 9.14. The number of nitrogens with one attached hydrogen (secondary N) is 1. The summed E-state index contributed by atoms with van der Waals surface area (Å²) < 4.78 is 0. The molecule has 0 saturated carbocycles. The lowest BCUT2D eigenvalue weighted by Crippen LogP contribution is -2.41. The molecule has 0 fully saturated rings. The molecule has 1 unspecified atom stereocenters. The van der Waals surface area contributed by atoms with E-state index in [9.17, 15) is 9.59 Å². The van der Waals surface area contributed by atoms with E-state index in [0.717, 1.165) is 17.0 Å². The summed E-state index contributed by atoms with van der Waals surface area (Å²) in [6.45, 7) is 1.09. The number of benzene rings is 3. The second-order valence-corrected chi connectivity index (χ2v) is 10.2. The lowest BCUT2D eigenvalue weighted by atomic mass is 9.59. The van der Waals surface area contributed by atoms with Crippen LogP contribution >= 0.6 is 11.8 Å². The first kappa shape index (κ1) is 20.5. The van der Waals surface area contributed by atoms with Crippen molar-refractivity contribution in [3.63, 3.8) is 0 Å². The monoisotopic (exact) mass is 454 g/mol. The standard InChI is InChI=1S/C28H26N2O2S/c31-26(13-14-30-24-11-5-6-12-25(24)33-17-27(30)32)29-16-18-15-23-19-7-1-3-9-21(19)28(18)22-10-4-2-8-20(22)23/h1-12,18,23,28H,13-17H2,(H,29,31). The van der Waals surface area contributed by atoms with Gasteiger partial charge in [0.1, 0.15) is 0 Å². The third-order valence-electron chi connectivity index (χ3n) is 7.35. The highest BCUT2D eigenvalue weighted by molar-refractivity contribution is 8.00. The highest BCUT2D eigenvalue weighted by atomic mass is 32.2. The number of hydrogen-bond donors (Lipinski definition) is 1. The first-order valence-electron chi connectivity index (χ1n) is 11.7. The molecule has 0 aromatic heterocycles. The van der Waals surface area contributed by atoms with Crippen LogP contribution in [0.3, 0.4) is 0 Å². The Morgan fingerprint density at radius 3 is 2.27 bits per heavy atom. The summed E-state index contributed by atoms with van der Waals surface area (Å²) in [5, 5.41) is 3.20. The predicted molar refractivity (Wildman–Crippen MR) is 132 cm³/mol. The maximum Gasteiger partial charge on any atom is 0.237 e. The molecule has 1 heterocycles. The van der Waals surface area contributed by atoms with Gasteiger partial charge in [-0.2, -0.15) is 0 Å². The molecule has 4 aliphatic rings. The summed E-state index contributed by atoms with van der Waals surface area (Å²) >= 11 is 1.57. The molecule has 0 radical (unpaired) electrons. The SMILES string of the molecule is O=C(CCN1C(=O)CSc2ccccc21)NCC1CC2c3ccccc3C1c1ccccc12. The van der Waals surface area contributed by atoms with Crippen LogP contribution in [0.5, 0.6) is 0 Å². The first-order valence-corrected chi connectivity index (χ1v) is 12.7. The Balaban J connectivity index is 1.14. The van der Waals surface area contributed by atoms with Crippen molar-refractivity contribution in [3.05, 3.63) is 95.1 Å². The van der Waals surface area contributed by atoms with Gasteiger partial charge in [-0.3, -0.25) is 9.59 Å². The fourth-order valence-corrected chi connectivity index (χ4v) is 6.84. The quantitative estimate of drug-likeness (QED) is 0.595. The number of rotatable bonds is 5. The van der Waals surface area contributed by atoms with Gasteiger partial charge >= 0.3 is 0 Å². The molecule has 3 aromatic rings. The summed E-state index contributed by atoms with van der Waals surface area (Å²) in [5.41, 5.74) is 6.65. The minimum atomic E-state index is 0.0153. The molecule has 2 amide bonds. The Morgan fingerprint density at radius 1 is 0.909 bits per heavy atom. The van der Waals surface area contributed by atoms with Crippen molar-refractivity contribution in [1.82, 2.24) is 5.32 Å². The minimum Gasteiger partial charge on any atom is -0.356 e. The number of thioether (sulfide) groups is 1. The average Bonchev–Trinajstić information content (AvgIpc) is 2.87. The Kier molecular flexibility index (Phi) is 5.22. The van der Waals surface area contributed by atoms with Crippen molar-refractivity contribution >= 4 is 29.3 Å². The minimum absolute atomic E-state index is 0.0153. The third kappa shape index (κ3) is 3.55. The van der Waals surface area contributed by atoms with Crippen LogP contribution in [0, 0.1) is 5.92 Å². The number of fused-ring (bicyclic) bond motifs is 2. The first-order chi connectivity index (χ1) is 16.2. The van der Waals surface area contributed by atoms with E-state index in [4.69, 9.17) is 0 Å². The molecule has 2 bridgehead atoms. The molecular formula is C28H26N2O2S. The number of hydrogen-bond acceptors (Lipinski definition) is 3. The van der Waals surface area contributed by atoms with Crippen LogP contribution in [0.15, 0.2) is 77.7 Å². The van der Waals surface area contributed by atoms with Crippen molar-refractivity contribution in [2.75, 3.05) is 23.7 Å². The Bertz CT molecular complexity index is 1190. The Labute approximate surface area is 198 Å². The lowest BCUT2D eigenvalue weighted by Gasteiger charge is -2.45. The molecule has 3 aliphatic carbocycles. The maximum atomic E-state index is 12.8. The summed E-state index contributed by atoms with van der Waals surface area (Å²) in [4.78, 5) is 28.1. The van der Waals surface area contributed by atoms with Gasteiger partial charge in [-0.25, -0.2) is 0 Å². The molecule has 4 nitrogen and oxygen atoms in total. The fraction of sp³-hybridized carbons (Fsp3) is 0.286. The Morgan fingerprint density at radius 2 is 1.55 bits per heavy atom. The van der Waals surface area contributed by atoms with Crippen molar-refractivity contribution < 1.29 is 9.59 Å². The number of para-hydroxylation sites is 1. The molecule has 5 heteroatoms. The number of anilines is 1. The highest BCUT2D eigenvalue weighted by Gasteiger charge is 2.42. The van der Waals surface area contributed by atoms with Gasteiger partial charge in [0, 0.05) is 36.2 Å². The van der Waals surface area contributed by atoms with Gasteiger partial charge in [-0.05, 0) is 46.7 Å². The largest absolute Gasteiger partial charge is 0.356 e. The summed E-state index contributed by atoms with van der Waals surface area (Å²) in [5.74, 6) is 1.64. The van der Waals surface area contributed by atoms with Gasteiger partial charge in [0.05, 0.1) is 11.4 Å². The van der Waals surface area contributed by atoms with Crippen LogP contribution in [0.1, 0.15) is 46.9 Å². The van der Waals surface area contributed by atoms with E-state index in [1.807, 2.05) is 24.3 Å². The van der Waals surface area contributed by atoms with Crippen molar-refractivity contribution in [3.8, 4) is 0 Å². The van der Waals surface area contributed by atoms with Crippen LogP contribution in [0.2, 0.25) is 0 Å². The number of carbonyl (C=O) groups excluding carboxylic acids is 2. The summed E-state index contributed by atoms with van der Waals surface area (Å²) in [6, 6.07) is 25.5. The van der Waals surface area contributed by atoms with Crippen molar-refractivity contribution in [2.24, 2.45) is 5.92 Å². The molecule has 7 rings (SSSR count). The van der Waals surface area contributed by atoms with Gasteiger partial charge < -0.3 is 10.2 Å². The van der Waals surface area contributed by atoms with Gasteiger partial charge in [-0.15, -0.1) is 11.8 Å². The van der Waals surface area contributed by atoms with E-state index in [1.54, 1.807) is 16.7 Å². The smallest absolute Gasteiger partial charge is 0.237 e. The average molecular weight is 455 g/mol. The van der Waals surface area contributed by atoms with E-state index >= 15 is 0 Å². The number of carbonyl (C=O) groups is 2. The topological polar surface area (TPSA) is 49.4 Å². The van der Waals surface area contributed by atoms with E-state index in [-0.39, 0.29) is 11.8 Å². The van der Waals surface area contributed by atoms with Crippen molar-refractivity contribution in [1.29, 1.82) is 0 Å². The van der Waals surface area contributed by atoms with Gasteiger partial charge in [0.25, 0.3) is 0 Å².